The van der Waals surface area contributed by atoms with Crippen LogP contribution in [0.15, 0.2) is 18.2 Å². The molecule has 2 N–H and O–H groups in total. The molecule has 0 aliphatic rings. The molecule has 14 heavy (non-hydrogen) atoms. The van der Waals surface area contributed by atoms with E-state index in [2.05, 4.69) is 0 Å². The summed E-state index contributed by atoms with van der Waals surface area (Å²) in [7, 11) is 1.44. The maximum Gasteiger partial charge on any atom is 0.131 e. The molecule has 0 aromatic heterocycles. The van der Waals surface area contributed by atoms with Gasteiger partial charge >= 0.3 is 0 Å². The van der Waals surface area contributed by atoms with Crippen LogP contribution in [-0.2, 0) is 0 Å². The highest BCUT2D eigenvalue weighted by atomic mass is 19.1. The van der Waals surface area contributed by atoms with Crippen molar-refractivity contribution in [3.63, 3.8) is 0 Å². The Kier molecular flexibility index (Phi) is 3.43. The molecule has 0 bridgehead atoms. The number of hydrogen-bond acceptors (Lipinski definition) is 3. The van der Waals surface area contributed by atoms with Crippen LogP contribution in [-0.4, -0.2) is 7.11 Å². The van der Waals surface area contributed by atoms with Crippen LogP contribution in [0.4, 0.5) is 4.39 Å². The van der Waals surface area contributed by atoms with Gasteiger partial charge < -0.3 is 10.5 Å². The molecule has 0 spiro atoms. The van der Waals surface area contributed by atoms with Crippen molar-refractivity contribution in [2.75, 3.05) is 7.11 Å². The molecule has 0 fully saturated rings. The Morgan fingerprint density at radius 3 is 2.93 bits per heavy atom. The number of ether oxygens (including phenoxy) is 1. The van der Waals surface area contributed by atoms with Gasteiger partial charge in [0.05, 0.1) is 19.6 Å². The van der Waals surface area contributed by atoms with E-state index in [1.54, 1.807) is 6.07 Å². The van der Waals surface area contributed by atoms with Gasteiger partial charge in [-0.15, -0.1) is 0 Å². The molecule has 1 rings (SSSR count). The van der Waals surface area contributed by atoms with Gasteiger partial charge in [-0.05, 0) is 12.1 Å². The number of nitrogens with zero attached hydrogens (tertiary/aromatic N) is 1. The maximum atomic E-state index is 13.3. The van der Waals surface area contributed by atoms with Crippen molar-refractivity contribution >= 4 is 0 Å². The van der Waals surface area contributed by atoms with E-state index in [0.29, 0.717) is 5.75 Å². The molecule has 3 nitrogen and oxygen atoms in total. The van der Waals surface area contributed by atoms with E-state index in [1.165, 1.54) is 19.2 Å². The second kappa shape index (κ2) is 4.58. The van der Waals surface area contributed by atoms with Crippen LogP contribution in [0.5, 0.6) is 5.75 Å². The van der Waals surface area contributed by atoms with Gasteiger partial charge in [-0.2, -0.15) is 5.26 Å². The zero-order valence-corrected chi connectivity index (χ0v) is 7.83. The van der Waals surface area contributed by atoms with Gasteiger partial charge in [0.1, 0.15) is 11.6 Å². The van der Waals surface area contributed by atoms with Gasteiger partial charge in [0.2, 0.25) is 0 Å². The zero-order chi connectivity index (χ0) is 10.6. The largest absolute Gasteiger partial charge is 0.496 e. The van der Waals surface area contributed by atoms with E-state index in [-0.39, 0.29) is 12.0 Å². The molecular weight excluding hydrogens is 183 g/mol. The highest BCUT2D eigenvalue weighted by Crippen LogP contribution is 2.27. The summed E-state index contributed by atoms with van der Waals surface area (Å²) in [5.41, 5.74) is 5.90. The predicted molar refractivity (Wildman–Crippen MR) is 50.1 cm³/mol. The fraction of sp³-hybridized carbons (Fsp3) is 0.300. The number of methoxy groups -OCH3 is 1. The van der Waals surface area contributed by atoms with Crippen LogP contribution in [0.25, 0.3) is 0 Å². The molecule has 0 aliphatic heterocycles. The fourth-order valence-corrected chi connectivity index (χ4v) is 1.26. The molecular formula is C10H11FN2O. The third-order valence-electron chi connectivity index (χ3n) is 1.91. The Morgan fingerprint density at radius 1 is 1.64 bits per heavy atom. The number of nitriles is 1. The van der Waals surface area contributed by atoms with Crippen LogP contribution in [0.3, 0.4) is 0 Å². The summed E-state index contributed by atoms with van der Waals surface area (Å²) < 4.78 is 18.3. The average molecular weight is 194 g/mol. The topological polar surface area (TPSA) is 59.0 Å². The van der Waals surface area contributed by atoms with E-state index in [1.807, 2.05) is 6.07 Å². The molecule has 0 saturated heterocycles. The number of hydrogen-bond donors (Lipinski definition) is 1. The molecule has 0 aliphatic carbocycles. The molecule has 0 saturated carbocycles. The van der Waals surface area contributed by atoms with Crippen LogP contribution in [0.1, 0.15) is 18.0 Å². The Bertz CT molecular complexity index is 360. The molecule has 0 radical (unpaired) electrons. The van der Waals surface area contributed by atoms with Gasteiger partial charge in [-0.25, -0.2) is 4.39 Å². The molecule has 0 heterocycles. The Hall–Kier alpha value is -1.60. The van der Waals surface area contributed by atoms with Gasteiger partial charge in [-0.3, -0.25) is 0 Å². The molecule has 0 unspecified atom stereocenters. The second-order valence-electron chi connectivity index (χ2n) is 2.82. The van der Waals surface area contributed by atoms with Gasteiger partial charge in [0.25, 0.3) is 0 Å². The number of benzene rings is 1. The van der Waals surface area contributed by atoms with Gasteiger partial charge in [0.15, 0.2) is 0 Å². The normalized spacial score (nSPS) is 11.9. The first kappa shape index (κ1) is 10.5. The van der Waals surface area contributed by atoms with Crippen LogP contribution in [0, 0.1) is 17.1 Å². The van der Waals surface area contributed by atoms with Gasteiger partial charge in [-0.1, -0.05) is 6.07 Å². The van der Waals surface area contributed by atoms with E-state index >= 15 is 0 Å². The van der Waals surface area contributed by atoms with Crippen molar-refractivity contribution < 1.29 is 9.13 Å². The smallest absolute Gasteiger partial charge is 0.131 e. The maximum absolute atomic E-state index is 13.3. The summed E-state index contributed by atoms with van der Waals surface area (Å²) in [5, 5.41) is 8.46. The minimum atomic E-state index is -0.642. The molecule has 1 aromatic carbocycles. The molecule has 74 valence electrons. The van der Waals surface area contributed by atoms with Crippen LogP contribution in [0.2, 0.25) is 0 Å². The minimum Gasteiger partial charge on any atom is -0.496 e. The first-order chi connectivity index (χ1) is 6.70. The van der Waals surface area contributed by atoms with E-state index < -0.39 is 11.9 Å². The quantitative estimate of drug-likeness (QED) is 0.797. The summed E-state index contributed by atoms with van der Waals surface area (Å²) >= 11 is 0. The molecule has 4 heteroatoms. The lowest BCUT2D eigenvalue weighted by Crippen LogP contribution is -2.12. The van der Waals surface area contributed by atoms with E-state index in [0.717, 1.165) is 0 Å². The Labute approximate surface area is 81.9 Å². The first-order valence-electron chi connectivity index (χ1n) is 4.15. The zero-order valence-electron chi connectivity index (χ0n) is 7.83. The lowest BCUT2D eigenvalue weighted by Gasteiger charge is -2.13. The van der Waals surface area contributed by atoms with Crippen molar-refractivity contribution in [3.05, 3.63) is 29.6 Å². The van der Waals surface area contributed by atoms with Crippen molar-refractivity contribution in [2.24, 2.45) is 5.73 Å². The van der Waals surface area contributed by atoms with E-state index in [9.17, 15) is 4.39 Å². The Balaban J connectivity index is 3.11. The second-order valence-corrected chi connectivity index (χ2v) is 2.82. The standard InChI is InChI=1S/C10H11FN2O/c1-14-9-4-2-3-7(11)10(9)8(13)5-6-12/h2-4,8H,5,13H2,1H3/t8-/m0/s1. The van der Waals surface area contributed by atoms with E-state index in [4.69, 9.17) is 15.7 Å². The highest BCUT2D eigenvalue weighted by molar-refractivity contribution is 5.37. The Morgan fingerprint density at radius 2 is 2.36 bits per heavy atom. The summed E-state index contributed by atoms with van der Waals surface area (Å²) in [6.45, 7) is 0. The number of nitrogens with two attached hydrogens (primary N) is 1. The third kappa shape index (κ3) is 2.01. The first-order valence-corrected chi connectivity index (χ1v) is 4.15. The summed E-state index contributed by atoms with van der Waals surface area (Å²) in [5.74, 6) is -0.0557. The molecule has 0 amide bonds. The van der Waals surface area contributed by atoms with Gasteiger partial charge in [0, 0.05) is 11.6 Å². The number of rotatable bonds is 3. The predicted octanol–water partition coefficient (Wildman–Crippen LogP) is 1.75. The summed E-state index contributed by atoms with van der Waals surface area (Å²) in [4.78, 5) is 0. The van der Waals surface area contributed by atoms with Crippen molar-refractivity contribution in [2.45, 2.75) is 12.5 Å². The molecule has 1 aromatic rings. The number of halogens is 1. The highest BCUT2D eigenvalue weighted by Gasteiger charge is 2.16. The summed E-state index contributed by atoms with van der Waals surface area (Å²) in [6, 6.07) is 5.71. The lowest BCUT2D eigenvalue weighted by atomic mass is 10.0. The fourth-order valence-electron chi connectivity index (χ4n) is 1.26. The van der Waals surface area contributed by atoms with Crippen LogP contribution < -0.4 is 10.5 Å². The van der Waals surface area contributed by atoms with Crippen molar-refractivity contribution in [1.29, 1.82) is 5.26 Å². The van der Waals surface area contributed by atoms with Crippen molar-refractivity contribution in [1.82, 2.24) is 0 Å². The molecule has 1 atom stereocenters. The van der Waals surface area contributed by atoms with Crippen molar-refractivity contribution in [3.8, 4) is 11.8 Å². The lowest BCUT2D eigenvalue weighted by molar-refractivity contribution is 0.399. The monoisotopic (exact) mass is 194 g/mol. The third-order valence-corrected chi connectivity index (χ3v) is 1.91. The average Bonchev–Trinajstić information content (AvgIpc) is 2.17. The van der Waals surface area contributed by atoms with Crippen LogP contribution >= 0.6 is 0 Å². The summed E-state index contributed by atoms with van der Waals surface area (Å²) in [6.07, 6.45) is 0.0668. The minimum absolute atomic E-state index is 0.0668. The SMILES string of the molecule is COc1cccc(F)c1[C@@H](N)CC#N.